The van der Waals surface area contributed by atoms with Crippen LogP contribution in [0.15, 0.2) is 65.7 Å². The number of halogens is 1. The van der Waals surface area contributed by atoms with Crippen molar-refractivity contribution in [1.82, 2.24) is 29.8 Å². The van der Waals surface area contributed by atoms with Gasteiger partial charge in [-0.05, 0) is 55.9 Å². The first-order chi connectivity index (χ1) is 13.6. The Morgan fingerprint density at radius 3 is 2.54 bits per heavy atom. The number of benzene rings is 2. The SMILES string of the molecule is CC(c1ccc(-n2cncn2)cc1)N(C)Cc1nc(-c2ccc(F)cc2)no1. The van der Waals surface area contributed by atoms with Gasteiger partial charge in [0.05, 0.1) is 12.2 Å². The van der Waals surface area contributed by atoms with Crippen molar-refractivity contribution in [2.75, 3.05) is 7.05 Å². The summed E-state index contributed by atoms with van der Waals surface area (Å²) >= 11 is 0. The lowest BCUT2D eigenvalue weighted by molar-refractivity contribution is 0.216. The number of hydrogen-bond acceptors (Lipinski definition) is 6. The molecule has 0 amide bonds. The van der Waals surface area contributed by atoms with Gasteiger partial charge in [-0.3, -0.25) is 4.90 Å². The summed E-state index contributed by atoms with van der Waals surface area (Å²) in [6.07, 6.45) is 3.17. The fourth-order valence-electron chi connectivity index (χ4n) is 2.89. The van der Waals surface area contributed by atoms with Crippen molar-refractivity contribution in [2.45, 2.75) is 19.5 Å². The van der Waals surface area contributed by atoms with Crippen molar-refractivity contribution < 1.29 is 8.91 Å². The van der Waals surface area contributed by atoms with Crippen molar-refractivity contribution in [3.8, 4) is 17.1 Å². The predicted octanol–water partition coefficient (Wildman–Crippen LogP) is 3.65. The third-order valence-electron chi connectivity index (χ3n) is 4.68. The topological polar surface area (TPSA) is 72.9 Å². The summed E-state index contributed by atoms with van der Waals surface area (Å²) in [6.45, 7) is 2.61. The van der Waals surface area contributed by atoms with Crippen LogP contribution in [0.5, 0.6) is 0 Å². The first-order valence-corrected chi connectivity index (χ1v) is 8.84. The summed E-state index contributed by atoms with van der Waals surface area (Å²) in [5, 5.41) is 8.12. The summed E-state index contributed by atoms with van der Waals surface area (Å²) in [4.78, 5) is 10.5. The van der Waals surface area contributed by atoms with E-state index >= 15 is 0 Å². The molecule has 0 aliphatic heterocycles. The molecule has 0 bridgehead atoms. The van der Waals surface area contributed by atoms with E-state index in [0.717, 1.165) is 16.8 Å². The summed E-state index contributed by atoms with van der Waals surface area (Å²) < 4.78 is 20.1. The number of hydrogen-bond donors (Lipinski definition) is 0. The zero-order chi connectivity index (χ0) is 19.5. The molecule has 4 aromatic rings. The van der Waals surface area contributed by atoms with E-state index in [1.54, 1.807) is 23.1 Å². The molecule has 0 radical (unpaired) electrons. The lowest BCUT2D eigenvalue weighted by atomic mass is 10.1. The Morgan fingerprint density at radius 1 is 1.11 bits per heavy atom. The van der Waals surface area contributed by atoms with Gasteiger partial charge in [-0.15, -0.1) is 0 Å². The van der Waals surface area contributed by atoms with Crippen LogP contribution >= 0.6 is 0 Å². The molecule has 1 atom stereocenters. The third kappa shape index (κ3) is 3.81. The van der Waals surface area contributed by atoms with Gasteiger partial charge in [-0.25, -0.2) is 14.1 Å². The molecule has 1 unspecified atom stereocenters. The molecule has 142 valence electrons. The van der Waals surface area contributed by atoms with Crippen molar-refractivity contribution in [2.24, 2.45) is 0 Å². The van der Waals surface area contributed by atoms with Crippen LogP contribution in [0.4, 0.5) is 4.39 Å². The van der Waals surface area contributed by atoms with Gasteiger partial charge in [-0.2, -0.15) is 10.1 Å². The fraction of sp³-hybridized carbons (Fsp3) is 0.200. The van der Waals surface area contributed by atoms with Gasteiger partial charge in [0.25, 0.3) is 0 Å². The van der Waals surface area contributed by atoms with Crippen LogP contribution in [0, 0.1) is 5.82 Å². The monoisotopic (exact) mass is 378 g/mol. The zero-order valence-corrected chi connectivity index (χ0v) is 15.5. The van der Waals surface area contributed by atoms with Crippen molar-refractivity contribution >= 4 is 0 Å². The van der Waals surface area contributed by atoms with E-state index in [1.165, 1.54) is 18.5 Å². The summed E-state index contributed by atoms with van der Waals surface area (Å²) in [5.74, 6) is 0.664. The minimum Gasteiger partial charge on any atom is -0.338 e. The third-order valence-corrected chi connectivity index (χ3v) is 4.68. The van der Waals surface area contributed by atoms with Crippen LogP contribution in [0.2, 0.25) is 0 Å². The molecule has 4 rings (SSSR count). The van der Waals surface area contributed by atoms with E-state index in [4.69, 9.17) is 4.52 Å². The molecule has 8 heteroatoms. The van der Waals surface area contributed by atoms with Gasteiger partial charge in [0.15, 0.2) is 0 Å². The maximum absolute atomic E-state index is 13.1. The lowest BCUT2D eigenvalue weighted by Crippen LogP contribution is -2.22. The molecule has 0 aliphatic carbocycles. The molecule has 2 heterocycles. The quantitative estimate of drug-likeness (QED) is 0.510. The van der Waals surface area contributed by atoms with Crippen LogP contribution in [0.1, 0.15) is 24.4 Å². The Morgan fingerprint density at radius 2 is 1.86 bits per heavy atom. The standard InChI is InChI=1S/C20H19FN6O/c1-14(15-5-9-18(10-6-15)27-13-22-12-23-27)26(2)11-19-24-20(25-28-19)16-3-7-17(21)8-4-16/h3-10,12-14H,11H2,1-2H3. The minimum absolute atomic E-state index is 0.144. The average Bonchev–Trinajstić information content (AvgIpc) is 3.40. The van der Waals surface area contributed by atoms with E-state index in [1.807, 2.05) is 19.2 Å². The highest BCUT2D eigenvalue weighted by Gasteiger charge is 2.16. The van der Waals surface area contributed by atoms with Crippen LogP contribution in [-0.4, -0.2) is 36.9 Å². The van der Waals surface area contributed by atoms with Gasteiger partial charge >= 0.3 is 0 Å². The Balaban J connectivity index is 1.43. The van der Waals surface area contributed by atoms with Gasteiger partial charge < -0.3 is 4.52 Å². The largest absolute Gasteiger partial charge is 0.338 e. The molecular formula is C20H19FN6O. The van der Waals surface area contributed by atoms with Crippen LogP contribution < -0.4 is 0 Å². The van der Waals surface area contributed by atoms with Crippen LogP contribution in [-0.2, 0) is 6.54 Å². The first-order valence-electron chi connectivity index (χ1n) is 8.84. The Hall–Kier alpha value is -3.39. The van der Waals surface area contributed by atoms with Crippen LogP contribution in [0.3, 0.4) is 0 Å². The maximum atomic E-state index is 13.1. The van der Waals surface area contributed by atoms with E-state index < -0.39 is 0 Å². The fourth-order valence-corrected chi connectivity index (χ4v) is 2.89. The molecule has 0 saturated carbocycles. The second-order valence-electron chi connectivity index (χ2n) is 6.54. The van der Waals surface area contributed by atoms with E-state index in [9.17, 15) is 4.39 Å². The molecule has 2 aromatic heterocycles. The van der Waals surface area contributed by atoms with E-state index in [0.29, 0.717) is 18.3 Å². The average molecular weight is 378 g/mol. The Bertz CT molecular complexity index is 1030. The Kier molecular flexibility index (Phi) is 4.94. The van der Waals surface area contributed by atoms with Crippen LogP contribution in [0.25, 0.3) is 17.1 Å². The normalized spacial score (nSPS) is 12.4. The molecular weight excluding hydrogens is 359 g/mol. The second kappa shape index (κ2) is 7.69. The van der Waals surface area contributed by atoms with Gasteiger partial charge in [-0.1, -0.05) is 17.3 Å². The molecule has 28 heavy (non-hydrogen) atoms. The second-order valence-corrected chi connectivity index (χ2v) is 6.54. The highest BCUT2D eigenvalue weighted by molar-refractivity contribution is 5.53. The van der Waals surface area contributed by atoms with Crippen molar-refractivity contribution in [3.05, 3.63) is 78.5 Å². The highest BCUT2D eigenvalue weighted by atomic mass is 19.1. The molecule has 2 aromatic carbocycles. The Labute approximate surface area is 161 Å². The predicted molar refractivity (Wildman–Crippen MR) is 101 cm³/mol. The van der Waals surface area contributed by atoms with E-state index in [2.05, 4.69) is 44.2 Å². The number of rotatable bonds is 6. The first kappa shape index (κ1) is 18.0. The van der Waals surface area contributed by atoms with Gasteiger partial charge in [0, 0.05) is 11.6 Å². The lowest BCUT2D eigenvalue weighted by Gasteiger charge is -2.23. The van der Waals surface area contributed by atoms with Crippen molar-refractivity contribution in [3.63, 3.8) is 0 Å². The number of aromatic nitrogens is 5. The smallest absolute Gasteiger partial charge is 0.241 e. The van der Waals surface area contributed by atoms with Crippen molar-refractivity contribution in [1.29, 1.82) is 0 Å². The molecule has 0 saturated heterocycles. The molecule has 0 spiro atoms. The van der Waals surface area contributed by atoms with Gasteiger partial charge in [0.2, 0.25) is 11.7 Å². The van der Waals surface area contributed by atoms with E-state index in [-0.39, 0.29) is 11.9 Å². The highest BCUT2D eigenvalue weighted by Crippen LogP contribution is 2.23. The molecule has 0 fully saturated rings. The number of nitrogens with zero attached hydrogens (tertiary/aromatic N) is 6. The maximum Gasteiger partial charge on any atom is 0.241 e. The summed E-state index contributed by atoms with van der Waals surface area (Å²) in [5.41, 5.74) is 2.83. The summed E-state index contributed by atoms with van der Waals surface area (Å²) in [6, 6.07) is 14.3. The minimum atomic E-state index is -0.295. The van der Waals surface area contributed by atoms with Gasteiger partial charge in [0.1, 0.15) is 18.5 Å². The molecule has 7 nitrogen and oxygen atoms in total. The summed E-state index contributed by atoms with van der Waals surface area (Å²) in [7, 11) is 2.00. The zero-order valence-electron chi connectivity index (χ0n) is 15.5. The molecule has 0 N–H and O–H groups in total. The molecule has 0 aliphatic rings.